The number of hydrogen-bond donors (Lipinski definition) is 1. The lowest BCUT2D eigenvalue weighted by atomic mass is 9.71. The molecule has 3 atom stereocenters. The van der Waals surface area contributed by atoms with Crippen LogP contribution in [0.5, 0.6) is 5.75 Å². The predicted molar refractivity (Wildman–Crippen MR) is 116 cm³/mol. The summed E-state index contributed by atoms with van der Waals surface area (Å²) in [5.74, 6) is -3.78. The number of halogens is 5. The maximum absolute atomic E-state index is 15.2. The molecule has 0 radical (unpaired) electrons. The van der Waals surface area contributed by atoms with Crippen molar-refractivity contribution in [2.24, 2.45) is 5.92 Å². The normalized spacial score (nSPS) is 24.9. The van der Waals surface area contributed by atoms with E-state index >= 15 is 4.39 Å². The molecule has 0 bridgehead atoms. The molecular weight excluding hydrogens is 517 g/mol. The average Bonchev–Trinajstić information content (AvgIpc) is 2.80. The van der Waals surface area contributed by atoms with E-state index in [-0.39, 0.29) is 31.6 Å². The van der Waals surface area contributed by atoms with E-state index in [0.29, 0.717) is 12.1 Å². The first-order valence-electron chi connectivity index (χ1n) is 10.8. The highest BCUT2D eigenvalue weighted by molar-refractivity contribution is 7.92. The second-order valence-corrected chi connectivity index (χ2v) is 12.9. The molecule has 1 saturated carbocycles. The highest BCUT2D eigenvalue weighted by Gasteiger charge is 2.60. The van der Waals surface area contributed by atoms with Gasteiger partial charge in [-0.05, 0) is 62.6 Å². The van der Waals surface area contributed by atoms with Crippen molar-refractivity contribution >= 4 is 19.9 Å². The van der Waals surface area contributed by atoms with Crippen molar-refractivity contribution in [3.8, 4) is 5.75 Å². The lowest BCUT2D eigenvalue weighted by Crippen LogP contribution is -2.55. The first kappa shape index (κ1) is 25.8. The summed E-state index contributed by atoms with van der Waals surface area (Å²) >= 11 is 0. The summed E-state index contributed by atoms with van der Waals surface area (Å²) in [7, 11) is -8.24. The minimum atomic E-state index is -4.70. The van der Waals surface area contributed by atoms with E-state index in [0.717, 1.165) is 24.3 Å². The van der Waals surface area contributed by atoms with Crippen LogP contribution in [0.1, 0.15) is 37.3 Å². The third-order valence-electron chi connectivity index (χ3n) is 6.70. The molecule has 1 N–H and O–H groups in total. The molecular formula is C22H22F5NO5S2. The van der Waals surface area contributed by atoms with E-state index in [9.17, 15) is 34.4 Å². The zero-order valence-electron chi connectivity index (χ0n) is 18.4. The molecule has 1 heterocycles. The number of alkyl halides is 3. The Morgan fingerprint density at radius 3 is 2.26 bits per heavy atom. The quantitative estimate of drug-likeness (QED) is 0.577. The third-order valence-corrected chi connectivity index (χ3v) is 10.7. The number of ether oxygens (including phenoxy) is 1. The van der Waals surface area contributed by atoms with Gasteiger partial charge in [-0.3, -0.25) is 0 Å². The van der Waals surface area contributed by atoms with Gasteiger partial charge in [-0.2, -0.15) is 13.2 Å². The Morgan fingerprint density at radius 2 is 1.66 bits per heavy atom. The van der Waals surface area contributed by atoms with Gasteiger partial charge in [0, 0.05) is 12.0 Å². The number of rotatable bonds is 5. The van der Waals surface area contributed by atoms with Gasteiger partial charge in [-0.15, -0.1) is 0 Å². The summed E-state index contributed by atoms with van der Waals surface area (Å²) in [5, 5.41) is 0. The average molecular weight is 540 g/mol. The zero-order valence-corrected chi connectivity index (χ0v) is 20.0. The van der Waals surface area contributed by atoms with Crippen LogP contribution in [-0.4, -0.2) is 35.2 Å². The Morgan fingerprint density at radius 1 is 1.03 bits per heavy atom. The van der Waals surface area contributed by atoms with Crippen molar-refractivity contribution in [2.45, 2.75) is 48.0 Å². The number of fused-ring (bicyclic) bond motifs is 3. The fraction of sp³-hybridized carbons (Fsp3) is 0.455. The second kappa shape index (κ2) is 8.70. The molecule has 1 aliphatic heterocycles. The minimum Gasteiger partial charge on any atom is -0.490 e. The van der Waals surface area contributed by atoms with Crippen molar-refractivity contribution in [1.29, 1.82) is 0 Å². The number of nitrogens with one attached hydrogen (secondary N) is 1. The van der Waals surface area contributed by atoms with Crippen molar-refractivity contribution in [3.63, 3.8) is 0 Å². The lowest BCUT2D eigenvalue weighted by Gasteiger charge is -2.49. The molecule has 0 amide bonds. The number of sulfonamides is 1. The Hall–Kier alpha value is -2.25. The summed E-state index contributed by atoms with van der Waals surface area (Å²) in [6.07, 6.45) is -5.08. The summed E-state index contributed by atoms with van der Waals surface area (Å²) in [5.41, 5.74) is -1.58. The van der Waals surface area contributed by atoms with Crippen LogP contribution in [0, 0.1) is 17.6 Å². The van der Waals surface area contributed by atoms with Crippen molar-refractivity contribution in [1.82, 2.24) is 4.72 Å². The minimum absolute atomic E-state index is 0.0228. The van der Waals surface area contributed by atoms with Crippen molar-refractivity contribution in [2.75, 3.05) is 12.4 Å². The van der Waals surface area contributed by atoms with Gasteiger partial charge in [0.15, 0.2) is 21.4 Å². The molecule has 4 rings (SSSR count). The summed E-state index contributed by atoms with van der Waals surface area (Å²) < 4.78 is 127. The van der Waals surface area contributed by atoms with E-state index in [1.54, 1.807) is 0 Å². The molecule has 35 heavy (non-hydrogen) atoms. The fourth-order valence-electron chi connectivity index (χ4n) is 4.99. The maximum Gasteiger partial charge on any atom is 0.416 e. The monoisotopic (exact) mass is 539 g/mol. The molecule has 1 aliphatic carbocycles. The van der Waals surface area contributed by atoms with Crippen LogP contribution in [0.4, 0.5) is 22.0 Å². The molecule has 0 spiro atoms. The molecule has 0 aromatic heterocycles. The molecule has 2 aliphatic rings. The van der Waals surface area contributed by atoms with Crippen molar-refractivity contribution < 1.29 is 43.5 Å². The SMILES string of the molecule is CCS(=O)(=O)N[C@@H]1CCC2(S(=O)(=O)c3ccc(C(F)(F)F)cc3)c3c(F)ccc(F)c3OC[C@H]2C1. The molecule has 1 fully saturated rings. The number of hydrogen-bond acceptors (Lipinski definition) is 5. The summed E-state index contributed by atoms with van der Waals surface area (Å²) in [4.78, 5) is -0.486. The number of sulfone groups is 1. The number of benzene rings is 2. The van der Waals surface area contributed by atoms with Crippen molar-refractivity contribution in [3.05, 3.63) is 59.2 Å². The maximum atomic E-state index is 15.2. The molecule has 1 unspecified atom stereocenters. The molecule has 192 valence electrons. The molecule has 2 aromatic rings. The van der Waals surface area contributed by atoms with Gasteiger partial charge >= 0.3 is 6.18 Å². The van der Waals surface area contributed by atoms with Gasteiger partial charge < -0.3 is 4.74 Å². The molecule has 0 saturated heterocycles. The van der Waals surface area contributed by atoms with E-state index < -0.39 is 76.1 Å². The fourth-order valence-corrected chi connectivity index (χ4v) is 8.25. The zero-order chi connectivity index (χ0) is 25.8. The van der Waals surface area contributed by atoms with Crippen LogP contribution in [0.3, 0.4) is 0 Å². The Balaban J connectivity index is 1.87. The van der Waals surface area contributed by atoms with E-state index in [1.165, 1.54) is 6.92 Å². The Kier molecular flexibility index (Phi) is 6.42. The van der Waals surface area contributed by atoms with Crippen LogP contribution >= 0.6 is 0 Å². The highest BCUT2D eigenvalue weighted by Crippen LogP contribution is 2.56. The van der Waals surface area contributed by atoms with E-state index in [1.807, 2.05) is 0 Å². The van der Waals surface area contributed by atoms with Crippen LogP contribution in [0.25, 0.3) is 0 Å². The Labute approximate surface area is 199 Å². The van der Waals surface area contributed by atoms with E-state index in [4.69, 9.17) is 4.74 Å². The van der Waals surface area contributed by atoms with Crippen LogP contribution in [-0.2, 0) is 30.8 Å². The standard InChI is InChI=1S/C22H22F5NO5S2/c1-2-34(29,30)28-15-9-10-21(35(31,32)16-5-3-13(4-6-16)22(25,26)27)14(11-15)12-33-20-18(24)8-7-17(23)19(20)21/h3-8,14-15,28H,2,9-12H2,1H3/t14-,15-,21?/m1/s1. The van der Waals surface area contributed by atoms with Gasteiger partial charge in [0.25, 0.3) is 0 Å². The lowest BCUT2D eigenvalue weighted by molar-refractivity contribution is -0.137. The first-order chi connectivity index (χ1) is 16.2. The van der Waals surface area contributed by atoms with Crippen LogP contribution in [0.15, 0.2) is 41.3 Å². The smallest absolute Gasteiger partial charge is 0.416 e. The molecule has 6 nitrogen and oxygen atoms in total. The van der Waals surface area contributed by atoms with Gasteiger partial charge in [0.1, 0.15) is 10.6 Å². The topological polar surface area (TPSA) is 89.5 Å². The molecule has 13 heteroatoms. The Bertz CT molecular complexity index is 1340. The third kappa shape index (κ3) is 4.31. The highest BCUT2D eigenvalue weighted by atomic mass is 32.2. The van der Waals surface area contributed by atoms with Gasteiger partial charge in [-0.25, -0.2) is 30.3 Å². The summed E-state index contributed by atoms with van der Waals surface area (Å²) in [6, 6.07) is 3.71. The predicted octanol–water partition coefficient (Wildman–Crippen LogP) is 4.15. The van der Waals surface area contributed by atoms with Gasteiger partial charge in [-0.1, -0.05) is 0 Å². The largest absolute Gasteiger partial charge is 0.490 e. The summed E-state index contributed by atoms with van der Waals surface area (Å²) in [6.45, 7) is 1.08. The van der Waals surface area contributed by atoms with Gasteiger partial charge in [0.05, 0.1) is 28.4 Å². The van der Waals surface area contributed by atoms with Crippen LogP contribution in [0.2, 0.25) is 0 Å². The molecule has 2 aromatic carbocycles. The van der Waals surface area contributed by atoms with Crippen LogP contribution < -0.4 is 9.46 Å². The first-order valence-corrected chi connectivity index (χ1v) is 13.9. The second-order valence-electron chi connectivity index (χ2n) is 8.65. The van der Waals surface area contributed by atoms with E-state index in [2.05, 4.69) is 4.72 Å². The van der Waals surface area contributed by atoms with Gasteiger partial charge in [0.2, 0.25) is 10.0 Å².